The van der Waals surface area contributed by atoms with Gasteiger partial charge in [0.15, 0.2) is 0 Å². The molecule has 0 aromatic heterocycles. The molecule has 1 aromatic carbocycles. The molecule has 0 bridgehead atoms. The molecule has 0 radical (unpaired) electrons. The van der Waals surface area contributed by atoms with Crippen LogP contribution in [-0.2, 0) is 6.42 Å². The van der Waals surface area contributed by atoms with Gasteiger partial charge in [0.2, 0.25) is 0 Å². The summed E-state index contributed by atoms with van der Waals surface area (Å²) in [5, 5.41) is 0. The van der Waals surface area contributed by atoms with Gasteiger partial charge >= 0.3 is 0 Å². The highest BCUT2D eigenvalue weighted by molar-refractivity contribution is 9.10. The van der Waals surface area contributed by atoms with Crippen molar-refractivity contribution in [2.75, 3.05) is 0 Å². The summed E-state index contributed by atoms with van der Waals surface area (Å²) in [4.78, 5) is 4.21. The van der Waals surface area contributed by atoms with Gasteiger partial charge in [-0.3, -0.25) is 4.99 Å². The molecule has 0 spiro atoms. The summed E-state index contributed by atoms with van der Waals surface area (Å²) < 4.78 is 1.10. The number of hydrogen-bond acceptors (Lipinski definition) is 1. The summed E-state index contributed by atoms with van der Waals surface area (Å²) in [5.41, 5.74) is 2.43. The van der Waals surface area contributed by atoms with Crippen LogP contribution in [0.15, 0.2) is 27.7 Å². The third kappa shape index (κ3) is 0.886. The summed E-state index contributed by atoms with van der Waals surface area (Å²) in [7, 11) is 0. The summed E-state index contributed by atoms with van der Waals surface area (Å²) in [6.07, 6.45) is 2.93. The minimum Gasteiger partial charge on any atom is -0.261 e. The fraction of sp³-hybridized carbons (Fsp3) is 0.125. The number of fused-ring (bicyclic) bond motifs is 1. The van der Waals surface area contributed by atoms with E-state index >= 15 is 0 Å². The van der Waals surface area contributed by atoms with E-state index in [1.54, 1.807) is 0 Å². The third-order valence-corrected chi connectivity index (χ3v) is 2.08. The maximum atomic E-state index is 4.21. The molecule has 0 amide bonds. The molecule has 0 N–H and O–H groups in total. The number of benzene rings is 1. The molecule has 0 saturated carbocycles. The number of halogens is 1. The monoisotopic (exact) mass is 195 g/mol. The van der Waals surface area contributed by atoms with Crippen LogP contribution in [0.2, 0.25) is 0 Å². The Morgan fingerprint density at radius 2 is 2.30 bits per heavy atom. The molecule has 2 rings (SSSR count). The van der Waals surface area contributed by atoms with Crippen LogP contribution in [0.1, 0.15) is 5.56 Å². The Morgan fingerprint density at radius 1 is 1.40 bits per heavy atom. The predicted octanol–water partition coefficient (Wildman–Crippen LogP) is 2.71. The predicted molar refractivity (Wildman–Crippen MR) is 46.0 cm³/mol. The fourth-order valence-corrected chi connectivity index (χ4v) is 1.42. The highest BCUT2D eigenvalue weighted by Crippen LogP contribution is 2.27. The van der Waals surface area contributed by atoms with Gasteiger partial charge in [0.1, 0.15) is 0 Å². The molecule has 1 heterocycles. The number of rotatable bonds is 0. The largest absolute Gasteiger partial charge is 0.261 e. The maximum absolute atomic E-state index is 4.21. The molecule has 0 atom stereocenters. The Labute approximate surface area is 67.9 Å². The minimum atomic E-state index is 0.989. The molecule has 0 unspecified atom stereocenters. The van der Waals surface area contributed by atoms with E-state index in [0.717, 1.165) is 16.6 Å². The minimum absolute atomic E-state index is 0.989. The van der Waals surface area contributed by atoms with Gasteiger partial charge in [-0.05, 0) is 17.7 Å². The molecular formula is C8H6BrN. The first-order valence-electron chi connectivity index (χ1n) is 3.17. The van der Waals surface area contributed by atoms with E-state index in [2.05, 4.69) is 27.0 Å². The number of nitrogens with zero attached hydrogens (tertiary/aromatic N) is 1. The van der Waals surface area contributed by atoms with Crippen molar-refractivity contribution in [3.63, 3.8) is 0 Å². The highest BCUT2D eigenvalue weighted by Gasteiger charge is 2.04. The normalized spacial score (nSPS) is 13.7. The highest BCUT2D eigenvalue weighted by atomic mass is 79.9. The van der Waals surface area contributed by atoms with Crippen molar-refractivity contribution in [3.05, 3.63) is 28.2 Å². The van der Waals surface area contributed by atoms with Gasteiger partial charge in [-0.25, -0.2) is 0 Å². The van der Waals surface area contributed by atoms with Crippen LogP contribution in [0.5, 0.6) is 0 Å². The van der Waals surface area contributed by atoms with Crippen molar-refractivity contribution >= 4 is 27.8 Å². The van der Waals surface area contributed by atoms with E-state index in [1.807, 2.05) is 18.3 Å². The zero-order valence-electron chi connectivity index (χ0n) is 5.34. The lowest BCUT2D eigenvalue weighted by Gasteiger charge is -1.95. The molecule has 0 fully saturated rings. The first-order chi connectivity index (χ1) is 4.86. The summed E-state index contributed by atoms with van der Waals surface area (Å²) in [6, 6.07) is 6.19. The van der Waals surface area contributed by atoms with Gasteiger partial charge in [0, 0.05) is 17.1 Å². The lowest BCUT2D eigenvalue weighted by atomic mass is 10.2. The van der Waals surface area contributed by atoms with E-state index in [9.17, 15) is 0 Å². The average Bonchev–Trinajstić information content (AvgIpc) is 2.33. The van der Waals surface area contributed by atoms with Crippen molar-refractivity contribution in [1.82, 2.24) is 0 Å². The van der Waals surface area contributed by atoms with Crippen molar-refractivity contribution in [2.24, 2.45) is 4.99 Å². The van der Waals surface area contributed by atoms with Gasteiger partial charge in [0.25, 0.3) is 0 Å². The number of hydrogen-bond donors (Lipinski definition) is 0. The quantitative estimate of drug-likeness (QED) is 0.604. The van der Waals surface area contributed by atoms with Gasteiger partial charge in [-0.15, -0.1) is 0 Å². The topological polar surface area (TPSA) is 12.4 Å². The van der Waals surface area contributed by atoms with E-state index < -0.39 is 0 Å². The Bertz CT molecular complexity index is 291. The molecule has 1 aromatic rings. The summed E-state index contributed by atoms with van der Waals surface area (Å²) >= 11 is 3.39. The molecule has 1 aliphatic heterocycles. The Kier molecular flexibility index (Phi) is 1.34. The maximum Gasteiger partial charge on any atom is 0.0672 e. The van der Waals surface area contributed by atoms with E-state index in [-0.39, 0.29) is 0 Å². The molecule has 10 heavy (non-hydrogen) atoms. The second kappa shape index (κ2) is 2.20. The van der Waals surface area contributed by atoms with E-state index in [4.69, 9.17) is 0 Å². The van der Waals surface area contributed by atoms with Gasteiger partial charge < -0.3 is 0 Å². The number of aliphatic imine (C=N–C) groups is 1. The first-order valence-corrected chi connectivity index (χ1v) is 3.96. The van der Waals surface area contributed by atoms with Crippen molar-refractivity contribution in [1.29, 1.82) is 0 Å². The van der Waals surface area contributed by atoms with Crippen LogP contribution in [0.25, 0.3) is 0 Å². The molecular weight excluding hydrogens is 190 g/mol. The smallest absolute Gasteiger partial charge is 0.0672 e. The lowest BCUT2D eigenvalue weighted by molar-refractivity contribution is 1.40. The standard InChI is InChI=1S/C8H6BrN/c9-7-2-1-6-3-4-10-8(6)5-7/h1-2,4-5H,3H2. The third-order valence-electron chi connectivity index (χ3n) is 1.59. The van der Waals surface area contributed by atoms with Crippen LogP contribution in [-0.4, -0.2) is 6.21 Å². The van der Waals surface area contributed by atoms with Crippen molar-refractivity contribution < 1.29 is 0 Å². The molecule has 1 nitrogen and oxygen atoms in total. The first kappa shape index (κ1) is 6.10. The summed E-state index contributed by atoms with van der Waals surface area (Å²) in [5.74, 6) is 0. The van der Waals surface area contributed by atoms with E-state index in [1.165, 1.54) is 5.56 Å². The SMILES string of the molecule is Brc1ccc2c(c1)N=CC2. The zero-order chi connectivity index (χ0) is 6.97. The molecule has 0 aliphatic carbocycles. The molecule has 1 aliphatic rings. The van der Waals surface area contributed by atoms with Crippen LogP contribution in [0.3, 0.4) is 0 Å². The second-order valence-electron chi connectivity index (χ2n) is 2.29. The summed E-state index contributed by atoms with van der Waals surface area (Å²) in [6.45, 7) is 0. The Morgan fingerprint density at radius 3 is 3.20 bits per heavy atom. The lowest BCUT2D eigenvalue weighted by Crippen LogP contribution is -1.76. The van der Waals surface area contributed by atoms with Gasteiger partial charge in [0.05, 0.1) is 5.69 Å². The van der Waals surface area contributed by atoms with E-state index in [0.29, 0.717) is 0 Å². The second-order valence-corrected chi connectivity index (χ2v) is 3.20. The average molecular weight is 196 g/mol. The van der Waals surface area contributed by atoms with Gasteiger partial charge in [-0.2, -0.15) is 0 Å². The molecule has 50 valence electrons. The van der Waals surface area contributed by atoms with Gasteiger partial charge in [-0.1, -0.05) is 22.0 Å². The Hall–Kier alpha value is -0.630. The van der Waals surface area contributed by atoms with Crippen LogP contribution >= 0.6 is 15.9 Å². The molecule has 2 heteroatoms. The van der Waals surface area contributed by atoms with Crippen LogP contribution in [0.4, 0.5) is 5.69 Å². The van der Waals surface area contributed by atoms with Crippen molar-refractivity contribution in [2.45, 2.75) is 6.42 Å². The molecule has 0 saturated heterocycles. The van der Waals surface area contributed by atoms with Crippen LogP contribution < -0.4 is 0 Å². The zero-order valence-corrected chi connectivity index (χ0v) is 6.93. The Balaban J connectivity index is 2.60. The van der Waals surface area contributed by atoms with Crippen molar-refractivity contribution in [3.8, 4) is 0 Å². The fourth-order valence-electron chi connectivity index (χ4n) is 1.07. The van der Waals surface area contributed by atoms with Crippen LogP contribution in [0, 0.1) is 0 Å².